The van der Waals surface area contributed by atoms with Crippen molar-refractivity contribution in [3.8, 4) is 11.3 Å². The molecule has 1 saturated heterocycles. The van der Waals surface area contributed by atoms with Gasteiger partial charge < -0.3 is 9.42 Å². The highest BCUT2D eigenvalue weighted by molar-refractivity contribution is 5.93. The lowest BCUT2D eigenvalue weighted by atomic mass is 9.65. The fraction of sp³-hybridized carbons (Fsp3) is 0.500. The van der Waals surface area contributed by atoms with E-state index in [2.05, 4.69) is 25.9 Å². The van der Waals surface area contributed by atoms with Gasteiger partial charge in [0.05, 0.1) is 0 Å². The van der Waals surface area contributed by atoms with Gasteiger partial charge in [0.25, 0.3) is 5.91 Å². The Bertz CT molecular complexity index is 811. The Balaban J connectivity index is 1.57. The van der Waals surface area contributed by atoms with Gasteiger partial charge in [-0.05, 0) is 54.4 Å². The molecule has 1 aliphatic heterocycles. The van der Waals surface area contributed by atoms with Crippen molar-refractivity contribution in [2.75, 3.05) is 6.54 Å². The summed E-state index contributed by atoms with van der Waals surface area (Å²) in [5.74, 6) is 0.111. The average Bonchev–Trinajstić information content (AvgIpc) is 3.09. The third kappa shape index (κ3) is 2.96. The van der Waals surface area contributed by atoms with Gasteiger partial charge in [0.1, 0.15) is 5.82 Å². The Morgan fingerprint density at radius 3 is 2.68 bits per heavy atom. The standard InChI is InChI=1S/C20H23FN2O2/c1-19(2)9-15-10-20(3,11-19)12-23(15)18(24)16-8-17(25-22-16)13-4-6-14(21)7-5-13/h4-8,15H,9-12H2,1-3H3/t15-,20+/m1/s1. The molecule has 2 aromatic rings. The van der Waals surface area contributed by atoms with Crippen LogP contribution in [0.2, 0.25) is 0 Å². The summed E-state index contributed by atoms with van der Waals surface area (Å²) in [6.45, 7) is 7.63. The molecule has 2 atom stereocenters. The van der Waals surface area contributed by atoms with E-state index in [1.54, 1.807) is 18.2 Å². The second-order valence-corrected chi connectivity index (χ2v) is 8.73. The monoisotopic (exact) mass is 342 g/mol. The lowest BCUT2D eigenvalue weighted by Gasteiger charge is -2.39. The first-order chi connectivity index (χ1) is 11.7. The third-order valence-corrected chi connectivity index (χ3v) is 5.53. The van der Waals surface area contributed by atoms with Gasteiger partial charge in [0.15, 0.2) is 11.5 Å². The van der Waals surface area contributed by atoms with Crippen molar-refractivity contribution in [3.63, 3.8) is 0 Å². The van der Waals surface area contributed by atoms with E-state index in [9.17, 15) is 9.18 Å². The van der Waals surface area contributed by atoms with Crippen LogP contribution < -0.4 is 0 Å². The molecule has 2 bridgehead atoms. The van der Waals surface area contributed by atoms with Gasteiger partial charge >= 0.3 is 0 Å². The van der Waals surface area contributed by atoms with Gasteiger partial charge in [0, 0.05) is 24.2 Å². The number of fused-ring (bicyclic) bond motifs is 2. The van der Waals surface area contributed by atoms with Gasteiger partial charge in [-0.2, -0.15) is 0 Å². The van der Waals surface area contributed by atoms with E-state index in [0.717, 1.165) is 25.8 Å². The molecule has 4 rings (SSSR count). The Kier molecular flexibility index (Phi) is 3.53. The van der Waals surface area contributed by atoms with Gasteiger partial charge in [-0.3, -0.25) is 4.79 Å². The van der Waals surface area contributed by atoms with E-state index in [4.69, 9.17) is 4.52 Å². The molecule has 1 aromatic heterocycles. The molecule has 2 aliphatic rings. The van der Waals surface area contributed by atoms with Crippen molar-refractivity contribution < 1.29 is 13.7 Å². The van der Waals surface area contributed by atoms with Crippen LogP contribution in [-0.2, 0) is 0 Å². The molecular formula is C20H23FN2O2. The first-order valence-corrected chi connectivity index (χ1v) is 8.78. The molecule has 1 amide bonds. The summed E-state index contributed by atoms with van der Waals surface area (Å²) in [6.07, 6.45) is 3.22. The number of hydrogen-bond acceptors (Lipinski definition) is 3. The number of aromatic nitrogens is 1. The molecule has 1 saturated carbocycles. The minimum absolute atomic E-state index is 0.0662. The van der Waals surface area contributed by atoms with Crippen LogP contribution in [0.25, 0.3) is 11.3 Å². The number of halogens is 1. The predicted molar refractivity (Wildman–Crippen MR) is 92.5 cm³/mol. The van der Waals surface area contributed by atoms with E-state index in [-0.39, 0.29) is 28.6 Å². The first-order valence-electron chi connectivity index (χ1n) is 8.78. The summed E-state index contributed by atoms with van der Waals surface area (Å²) in [6, 6.07) is 7.91. The number of carbonyl (C=O) groups is 1. The second-order valence-electron chi connectivity index (χ2n) is 8.73. The van der Waals surface area contributed by atoms with E-state index in [1.807, 2.05) is 4.90 Å². The lowest BCUT2D eigenvalue weighted by molar-refractivity contribution is 0.0698. The molecule has 0 spiro atoms. The minimum atomic E-state index is -0.306. The average molecular weight is 342 g/mol. The Morgan fingerprint density at radius 2 is 1.96 bits per heavy atom. The molecule has 0 unspecified atom stereocenters. The largest absolute Gasteiger partial charge is 0.355 e. The molecule has 0 N–H and O–H groups in total. The zero-order valence-corrected chi connectivity index (χ0v) is 14.9. The smallest absolute Gasteiger partial charge is 0.276 e. The highest BCUT2D eigenvalue weighted by Crippen LogP contribution is 2.52. The van der Waals surface area contributed by atoms with E-state index in [1.165, 1.54) is 12.1 Å². The number of benzene rings is 1. The fourth-order valence-electron chi connectivity index (χ4n) is 4.97. The third-order valence-electron chi connectivity index (χ3n) is 5.53. The van der Waals surface area contributed by atoms with Crippen LogP contribution in [0.15, 0.2) is 34.9 Å². The number of amides is 1. The quantitative estimate of drug-likeness (QED) is 0.806. The van der Waals surface area contributed by atoms with Crippen LogP contribution in [0.5, 0.6) is 0 Å². The SMILES string of the molecule is CC1(C)C[C@@H]2C[C@](C)(CN2C(=O)c2cc(-c3ccc(F)cc3)on2)C1. The first kappa shape index (κ1) is 16.3. The molecule has 1 aliphatic carbocycles. The van der Waals surface area contributed by atoms with Crippen molar-refractivity contribution in [2.45, 2.75) is 46.1 Å². The van der Waals surface area contributed by atoms with Crippen molar-refractivity contribution in [1.29, 1.82) is 0 Å². The van der Waals surface area contributed by atoms with Crippen LogP contribution in [0.4, 0.5) is 4.39 Å². The van der Waals surface area contributed by atoms with Crippen LogP contribution >= 0.6 is 0 Å². The summed E-state index contributed by atoms with van der Waals surface area (Å²) >= 11 is 0. The molecule has 4 nitrogen and oxygen atoms in total. The Hall–Kier alpha value is -2.17. The molecule has 2 heterocycles. The van der Waals surface area contributed by atoms with Crippen LogP contribution in [0, 0.1) is 16.6 Å². The maximum Gasteiger partial charge on any atom is 0.276 e. The molecule has 132 valence electrons. The van der Waals surface area contributed by atoms with Gasteiger partial charge in [-0.25, -0.2) is 4.39 Å². The maximum absolute atomic E-state index is 13.1. The molecular weight excluding hydrogens is 319 g/mol. The van der Waals surface area contributed by atoms with E-state index >= 15 is 0 Å². The van der Waals surface area contributed by atoms with E-state index in [0.29, 0.717) is 17.0 Å². The maximum atomic E-state index is 13.1. The normalized spacial score (nSPS) is 27.5. The van der Waals surface area contributed by atoms with Crippen LogP contribution in [-0.4, -0.2) is 28.6 Å². The summed E-state index contributed by atoms with van der Waals surface area (Å²) in [7, 11) is 0. The molecule has 5 heteroatoms. The number of hydrogen-bond donors (Lipinski definition) is 0. The zero-order chi connectivity index (χ0) is 17.8. The van der Waals surface area contributed by atoms with Crippen molar-refractivity contribution in [1.82, 2.24) is 10.1 Å². The number of nitrogens with zero attached hydrogens (tertiary/aromatic N) is 2. The Morgan fingerprint density at radius 1 is 1.24 bits per heavy atom. The number of likely N-dealkylation sites (tertiary alicyclic amines) is 1. The molecule has 2 fully saturated rings. The molecule has 1 aromatic carbocycles. The van der Waals surface area contributed by atoms with Crippen LogP contribution in [0.1, 0.15) is 50.5 Å². The Labute approximate surface area is 147 Å². The van der Waals surface area contributed by atoms with E-state index < -0.39 is 0 Å². The highest BCUT2D eigenvalue weighted by Gasteiger charge is 2.51. The summed E-state index contributed by atoms with van der Waals surface area (Å²) in [5, 5.41) is 3.97. The molecule has 0 radical (unpaired) electrons. The summed E-state index contributed by atoms with van der Waals surface area (Å²) in [5.41, 5.74) is 1.48. The minimum Gasteiger partial charge on any atom is -0.355 e. The summed E-state index contributed by atoms with van der Waals surface area (Å²) in [4.78, 5) is 15.0. The van der Waals surface area contributed by atoms with Gasteiger partial charge in [-0.1, -0.05) is 25.9 Å². The van der Waals surface area contributed by atoms with Crippen molar-refractivity contribution in [3.05, 3.63) is 41.8 Å². The topological polar surface area (TPSA) is 46.3 Å². The van der Waals surface area contributed by atoms with Gasteiger partial charge in [-0.15, -0.1) is 0 Å². The van der Waals surface area contributed by atoms with Gasteiger partial charge in [0.2, 0.25) is 0 Å². The lowest BCUT2D eigenvalue weighted by Crippen LogP contribution is -2.37. The van der Waals surface area contributed by atoms with Crippen molar-refractivity contribution in [2.24, 2.45) is 10.8 Å². The second kappa shape index (κ2) is 5.41. The summed E-state index contributed by atoms with van der Waals surface area (Å²) < 4.78 is 18.4. The number of carbonyl (C=O) groups excluding carboxylic acids is 1. The zero-order valence-electron chi connectivity index (χ0n) is 14.9. The van der Waals surface area contributed by atoms with Crippen LogP contribution in [0.3, 0.4) is 0 Å². The molecule has 25 heavy (non-hydrogen) atoms. The fourth-order valence-corrected chi connectivity index (χ4v) is 4.97. The highest BCUT2D eigenvalue weighted by atomic mass is 19.1. The predicted octanol–water partition coefficient (Wildman–Crippen LogP) is 4.52. The van der Waals surface area contributed by atoms with Crippen molar-refractivity contribution >= 4 is 5.91 Å². The number of rotatable bonds is 2.